The van der Waals surface area contributed by atoms with Crippen LogP contribution in [0.5, 0.6) is 0 Å². The predicted octanol–water partition coefficient (Wildman–Crippen LogP) is 3.87. The molecule has 0 N–H and O–H groups in total. The van der Waals surface area contributed by atoms with Gasteiger partial charge in [0.15, 0.2) is 11.4 Å². The summed E-state index contributed by atoms with van der Waals surface area (Å²) in [6.45, 7) is 1.58. The first-order valence-corrected chi connectivity index (χ1v) is 11.1. The summed E-state index contributed by atoms with van der Waals surface area (Å²) in [4.78, 5) is 11.9. The highest BCUT2D eigenvalue weighted by Gasteiger charge is 2.75. The van der Waals surface area contributed by atoms with E-state index in [-0.39, 0.29) is 11.4 Å². The number of rotatable bonds is 2. The van der Waals surface area contributed by atoms with Crippen LogP contribution in [0, 0.1) is 11.8 Å². The second-order valence-corrected chi connectivity index (χ2v) is 9.18. The molecule has 5 heteroatoms. The Morgan fingerprint density at radius 1 is 1.19 bits per heavy atom. The quantitative estimate of drug-likeness (QED) is 0.272. The van der Waals surface area contributed by atoms with Crippen molar-refractivity contribution in [2.75, 3.05) is 0 Å². The molecule has 3 aromatic rings. The smallest absolute Gasteiger partial charge is 0.163 e. The molecular formula is C26H21N2O2P. The van der Waals surface area contributed by atoms with E-state index in [0.717, 1.165) is 41.5 Å². The van der Waals surface area contributed by atoms with Gasteiger partial charge in [-0.05, 0) is 54.9 Å². The third-order valence-corrected chi connectivity index (χ3v) is 7.09. The molecule has 2 fully saturated rings. The van der Waals surface area contributed by atoms with Gasteiger partial charge in [-0.3, -0.25) is 4.79 Å². The molecule has 6 rings (SSSR count). The van der Waals surface area contributed by atoms with E-state index in [2.05, 4.69) is 56.5 Å². The van der Waals surface area contributed by atoms with Gasteiger partial charge in [0.05, 0.1) is 17.6 Å². The topological polar surface area (TPSA) is 47.4 Å². The first kappa shape index (κ1) is 18.8. The predicted molar refractivity (Wildman–Crippen MR) is 124 cm³/mol. The third-order valence-electron chi connectivity index (χ3n) is 6.70. The average Bonchev–Trinajstić information content (AvgIpc) is 3.05. The fraction of sp³-hybridized carbons (Fsp3) is 0.231. The van der Waals surface area contributed by atoms with E-state index in [0.29, 0.717) is 5.56 Å². The van der Waals surface area contributed by atoms with Crippen LogP contribution in [-0.2, 0) is 11.2 Å². The minimum absolute atomic E-state index is 0.0326. The van der Waals surface area contributed by atoms with Crippen LogP contribution in [0.4, 0.5) is 0 Å². The number of hydrogen-bond donors (Lipinski definition) is 0. The molecule has 1 spiro atoms. The van der Waals surface area contributed by atoms with Crippen molar-refractivity contribution in [3.8, 4) is 17.5 Å². The molecule has 4 nitrogen and oxygen atoms in total. The lowest BCUT2D eigenvalue weighted by Crippen LogP contribution is -2.25. The van der Waals surface area contributed by atoms with Gasteiger partial charge in [0, 0.05) is 23.1 Å². The number of fused-ring (bicyclic) bond motifs is 1. The first-order chi connectivity index (χ1) is 15.0. The van der Waals surface area contributed by atoms with Gasteiger partial charge in [0.2, 0.25) is 0 Å². The lowest BCUT2D eigenvalue weighted by Gasteiger charge is -2.19. The number of nitrogens with zero attached hydrogens (tertiary/aromatic N) is 2. The zero-order valence-electron chi connectivity index (χ0n) is 17.2. The number of epoxide rings is 1. The van der Waals surface area contributed by atoms with E-state index in [1.54, 1.807) is 6.92 Å². The molecule has 2 heterocycles. The van der Waals surface area contributed by atoms with Crippen LogP contribution in [0.1, 0.15) is 46.9 Å². The summed E-state index contributed by atoms with van der Waals surface area (Å²) in [7, 11) is 2.71. The Morgan fingerprint density at radius 2 is 2.00 bits per heavy atom. The van der Waals surface area contributed by atoms with E-state index in [1.165, 1.54) is 11.1 Å². The Balaban J connectivity index is 1.35. The van der Waals surface area contributed by atoms with Crippen molar-refractivity contribution in [2.24, 2.45) is 0 Å². The molecule has 1 saturated carbocycles. The van der Waals surface area contributed by atoms with Crippen LogP contribution in [-0.4, -0.2) is 26.8 Å². The molecule has 3 aliphatic rings. The summed E-state index contributed by atoms with van der Waals surface area (Å²) in [6, 6.07) is 15.9. The molecule has 3 unspecified atom stereocenters. The van der Waals surface area contributed by atoms with Crippen molar-refractivity contribution in [3.63, 3.8) is 0 Å². The molecule has 31 heavy (non-hydrogen) atoms. The Bertz CT molecular complexity index is 1340. The number of aromatic nitrogens is 2. The largest absolute Gasteiger partial charge is 0.344 e. The highest BCUT2D eigenvalue weighted by Crippen LogP contribution is 2.65. The Hall–Kier alpha value is -2.99. The molecule has 2 aliphatic carbocycles. The van der Waals surface area contributed by atoms with Crippen molar-refractivity contribution in [3.05, 3.63) is 82.7 Å². The lowest BCUT2D eigenvalue weighted by atomic mass is 9.83. The zero-order chi connectivity index (χ0) is 21.2. The van der Waals surface area contributed by atoms with Crippen LogP contribution in [0.25, 0.3) is 11.8 Å². The van der Waals surface area contributed by atoms with Gasteiger partial charge in [0.25, 0.3) is 0 Å². The molecule has 0 amide bonds. The van der Waals surface area contributed by atoms with Crippen LogP contribution < -0.4 is 5.30 Å². The summed E-state index contributed by atoms with van der Waals surface area (Å²) in [5, 5.41) is 5.81. The number of benzene rings is 2. The average molecular weight is 424 g/mol. The summed E-state index contributed by atoms with van der Waals surface area (Å²) < 4.78 is 8.39. The molecule has 1 aliphatic heterocycles. The van der Waals surface area contributed by atoms with Gasteiger partial charge in [-0.2, -0.15) is 5.10 Å². The van der Waals surface area contributed by atoms with Crippen LogP contribution >= 0.6 is 9.24 Å². The fourth-order valence-electron chi connectivity index (χ4n) is 5.04. The Labute approximate surface area is 183 Å². The molecule has 3 atom stereocenters. The number of carbonyl (C=O) groups excluding carboxylic acids is 1. The van der Waals surface area contributed by atoms with Crippen LogP contribution in [0.2, 0.25) is 0 Å². The van der Waals surface area contributed by atoms with Gasteiger partial charge in [-0.15, -0.1) is 9.24 Å². The highest BCUT2D eigenvalue weighted by molar-refractivity contribution is 7.27. The van der Waals surface area contributed by atoms with Crippen LogP contribution in [0.3, 0.4) is 0 Å². The van der Waals surface area contributed by atoms with Crippen molar-refractivity contribution in [2.45, 2.75) is 37.4 Å². The Morgan fingerprint density at radius 3 is 2.81 bits per heavy atom. The van der Waals surface area contributed by atoms with E-state index in [4.69, 9.17) is 4.74 Å². The summed E-state index contributed by atoms with van der Waals surface area (Å²) in [5.74, 6) is 6.71. The maximum absolute atomic E-state index is 11.9. The van der Waals surface area contributed by atoms with Crippen molar-refractivity contribution in [1.82, 2.24) is 9.78 Å². The third kappa shape index (κ3) is 2.71. The SMILES string of the molecule is CC(=O)c1ccccc1C#CC12CCC3=Cc4c(cnn4-c4ccc(P)cc4)CC31O2. The van der Waals surface area contributed by atoms with Crippen molar-refractivity contribution < 1.29 is 9.53 Å². The molecule has 0 bridgehead atoms. The van der Waals surface area contributed by atoms with Gasteiger partial charge < -0.3 is 4.74 Å². The first-order valence-electron chi connectivity index (χ1n) is 10.5. The fourth-order valence-corrected chi connectivity index (χ4v) is 5.23. The molecule has 0 radical (unpaired) electrons. The maximum Gasteiger partial charge on any atom is 0.163 e. The minimum atomic E-state index is -0.455. The molecule has 152 valence electrons. The Kier molecular flexibility index (Phi) is 3.93. The van der Waals surface area contributed by atoms with E-state index >= 15 is 0 Å². The van der Waals surface area contributed by atoms with Gasteiger partial charge in [-0.25, -0.2) is 4.68 Å². The second kappa shape index (κ2) is 6.50. The van der Waals surface area contributed by atoms with E-state index < -0.39 is 5.60 Å². The zero-order valence-corrected chi connectivity index (χ0v) is 18.3. The summed E-state index contributed by atoms with van der Waals surface area (Å²) >= 11 is 0. The molecular weight excluding hydrogens is 403 g/mol. The highest BCUT2D eigenvalue weighted by atomic mass is 31.0. The summed E-state index contributed by atoms with van der Waals surface area (Å²) in [5.41, 5.74) is 5.33. The normalized spacial score (nSPS) is 24.9. The number of hydrogen-bond acceptors (Lipinski definition) is 3. The minimum Gasteiger partial charge on any atom is -0.344 e. The number of carbonyl (C=O) groups is 1. The van der Waals surface area contributed by atoms with Gasteiger partial charge >= 0.3 is 0 Å². The molecule has 1 aromatic heterocycles. The molecule has 2 aromatic carbocycles. The molecule has 1 saturated heterocycles. The van der Waals surface area contributed by atoms with Crippen LogP contribution in [0.15, 0.2) is 60.3 Å². The van der Waals surface area contributed by atoms with Crippen molar-refractivity contribution >= 4 is 26.4 Å². The second-order valence-electron chi connectivity index (χ2n) is 8.51. The number of Topliss-reactive ketones (excluding diaryl/α,β-unsaturated/α-hetero) is 1. The number of ether oxygens (including phenoxy) is 1. The van der Waals surface area contributed by atoms with E-state index in [1.807, 2.05) is 35.1 Å². The van der Waals surface area contributed by atoms with E-state index in [9.17, 15) is 4.79 Å². The van der Waals surface area contributed by atoms with Gasteiger partial charge in [-0.1, -0.05) is 42.2 Å². The number of ketones is 1. The standard InChI is InChI=1S/C26H21N2O2P/c1-17(29)23-5-3-2-4-18(23)10-12-25-13-11-20-14-24-19(15-26(20,25)30-25)16-27-28(24)21-6-8-22(31)9-7-21/h2-9,14,16H,11,13,15,31H2,1H3. The maximum atomic E-state index is 11.9. The lowest BCUT2D eigenvalue weighted by molar-refractivity contribution is 0.101. The monoisotopic (exact) mass is 424 g/mol. The van der Waals surface area contributed by atoms with Crippen molar-refractivity contribution in [1.29, 1.82) is 0 Å². The summed E-state index contributed by atoms with van der Waals surface area (Å²) in [6.07, 6.45) is 6.85. The van der Waals surface area contributed by atoms with Gasteiger partial charge in [0.1, 0.15) is 5.60 Å².